The molecule has 1 aromatic rings. The minimum atomic E-state index is 0.500. The molecule has 0 aliphatic heterocycles. The van der Waals surface area contributed by atoms with E-state index in [1.807, 2.05) is 19.9 Å². The topological polar surface area (TPSA) is 0 Å². The van der Waals surface area contributed by atoms with Crippen molar-refractivity contribution in [2.24, 2.45) is 0 Å². The number of benzene rings is 1. The van der Waals surface area contributed by atoms with Gasteiger partial charge in [0.2, 0.25) is 0 Å². The van der Waals surface area contributed by atoms with Gasteiger partial charge in [-0.2, -0.15) is 0 Å². The van der Waals surface area contributed by atoms with Crippen molar-refractivity contribution in [1.29, 1.82) is 0 Å². The molecule has 0 spiro atoms. The summed E-state index contributed by atoms with van der Waals surface area (Å²) in [7, 11) is 0. The average Bonchev–Trinajstić information content (AvgIpc) is 1.96. The summed E-state index contributed by atoms with van der Waals surface area (Å²) in [5.41, 5.74) is 0.911. The van der Waals surface area contributed by atoms with E-state index in [9.17, 15) is 0 Å². The molecule has 0 aromatic heterocycles. The molecule has 65 valence electrons. The second kappa shape index (κ2) is 3.87. The molecule has 1 aromatic carbocycles. The largest absolute Gasteiger partial charge is 0.0843 e. The van der Waals surface area contributed by atoms with Crippen LogP contribution in [0.15, 0.2) is 12.1 Å². The molecule has 1 radical (unpaired) electrons. The van der Waals surface area contributed by atoms with Crippen LogP contribution in [0.2, 0.25) is 15.1 Å². The molecule has 1 rings (SSSR count). The molecule has 0 saturated heterocycles. The van der Waals surface area contributed by atoms with E-state index in [0.717, 1.165) is 11.5 Å². The lowest BCUT2D eigenvalue weighted by Gasteiger charge is -2.08. The predicted molar refractivity (Wildman–Crippen MR) is 55.2 cm³/mol. The Morgan fingerprint density at radius 2 is 1.67 bits per heavy atom. The van der Waals surface area contributed by atoms with E-state index < -0.39 is 0 Å². The molecule has 0 aliphatic carbocycles. The van der Waals surface area contributed by atoms with E-state index in [0.29, 0.717) is 15.1 Å². The number of halogens is 3. The summed E-state index contributed by atoms with van der Waals surface area (Å²) in [5, 5.41) is 1.68. The molecule has 0 bridgehead atoms. The molecule has 0 heterocycles. The van der Waals surface area contributed by atoms with Crippen LogP contribution in [0.5, 0.6) is 0 Å². The molecule has 0 aliphatic rings. The van der Waals surface area contributed by atoms with Crippen LogP contribution in [0, 0.1) is 5.92 Å². The molecule has 12 heavy (non-hydrogen) atoms. The number of hydrogen-bond acceptors (Lipinski definition) is 0. The van der Waals surface area contributed by atoms with E-state index in [1.165, 1.54) is 0 Å². The zero-order valence-corrected chi connectivity index (χ0v) is 9.06. The molecule has 3 heteroatoms. The quantitative estimate of drug-likeness (QED) is 0.609. The van der Waals surface area contributed by atoms with Crippen LogP contribution >= 0.6 is 34.8 Å². The molecule has 0 unspecified atom stereocenters. The summed E-state index contributed by atoms with van der Waals surface area (Å²) in [6, 6.07) is 3.45. The summed E-state index contributed by atoms with van der Waals surface area (Å²) < 4.78 is 0. The highest BCUT2D eigenvalue weighted by Gasteiger charge is 2.09. The Morgan fingerprint density at radius 1 is 1.08 bits per heavy atom. The molecule has 0 amide bonds. The minimum Gasteiger partial charge on any atom is -0.0843 e. The first-order valence-corrected chi connectivity index (χ1v) is 4.61. The van der Waals surface area contributed by atoms with E-state index >= 15 is 0 Å². The molecule has 0 saturated carbocycles. The van der Waals surface area contributed by atoms with Gasteiger partial charge in [-0.15, -0.1) is 0 Å². The van der Waals surface area contributed by atoms with E-state index in [4.69, 9.17) is 34.8 Å². The summed E-state index contributed by atoms with van der Waals surface area (Å²) in [4.78, 5) is 0. The van der Waals surface area contributed by atoms with Crippen LogP contribution in [-0.4, -0.2) is 0 Å². The summed E-state index contributed by atoms with van der Waals surface area (Å²) in [6.45, 7) is 3.93. The predicted octanol–water partition coefficient (Wildman–Crippen LogP) is 4.61. The van der Waals surface area contributed by atoms with Gasteiger partial charge in [0, 0.05) is 10.9 Å². The summed E-state index contributed by atoms with van der Waals surface area (Å²) in [5.74, 6) is 1.10. The van der Waals surface area contributed by atoms with E-state index in [1.54, 1.807) is 6.07 Å². The fourth-order valence-corrected chi connectivity index (χ4v) is 1.71. The maximum atomic E-state index is 5.95. The number of hydrogen-bond donors (Lipinski definition) is 0. The van der Waals surface area contributed by atoms with Crippen molar-refractivity contribution >= 4 is 34.8 Å². The van der Waals surface area contributed by atoms with Gasteiger partial charge in [-0.25, -0.2) is 0 Å². The second-order valence-corrected chi connectivity index (χ2v) is 3.97. The van der Waals surface area contributed by atoms with Crippen molar-refractivity contribution in [2.75, 3.05) is 0 Å². The highest BCUT2D eigenvalue weighted by atomic mass is 35.5. The molecule has 0 nitrogen and oxygen atoms in total. The van der Waals surface area contributed by atoms with Gasteiger partial charge in [0.15, 0.2) is 0 Å². The third kappa shape index (κ3) is 2.07. The Bertz CT molecular complexity index is 292. The second-order valence-electron chi connectivity index (χ2n) is 2.75. The monoisotopic (exact) mass is 221 g/mol. The Balaban J connectivity index is 3.28. The Kier molecular flexibility index (Phi) is 3.28. The van der Waals surface area contributed by atoms with Gasteiger partial charge in [0.25, 0.3) is 0 Å². The van der Waals surface area contributed by atoms with Crippen LogP contribution in [0.25, 0.3) is 0 Å². The Labute approximate surface area is 87.4 Å². The Morgan fingerprint density at radius 3 is 2.17 bits per heavy atom. The third-order valence-corrected chi connectivity index (χ3v) is 2.55. The van der Waals surface area contributed by atoms with Gasteiger partial charge in [-0.1, -0.05) is 48.7 Å². The first kappa shape index (κ1) is 10.2. The lowest BCUT2D eigenvalue weighted by Crippen LogP contribution is -1.90. The molecule has 0 fully saturated rings. The van der Waals surface area contributed by atoms with Gasteiger partial charge in [-0.05, 0) is 17.7 Å². The van der Waals surface area contributed by atoms with Gasteiger partial charge >= 0.3 is 0 Å². The summed E-state index contributed by atoms with van der Waals surface area (Å²) in [6.07, 6.45) is 0. The van der Waals surface area contributed by atoms with Crippen molar-refractivity contribution in [3.8, 4) is 0 Å². The normalized spacial score (nSPS) is 10.8. The van der Waals surface area contributed by atoms with Crippen LogP contribution < -0.4 is 0 Å². The first-order valence-electron chi connectivity index (χ1n) is 3.47. The average molecular weight is 223 g/mol. The van der Waals surface area contributed by atoms with Crippen molar-refractivity contribution in [3.05, 3.63) is 38.7 Å². The molecule has 0 N–H and O–H groups in total. The molecular weight excluding hydrogens is 214 g/mol. The van der Waals surface area contributed by atoms with E-state index in [2.05, 4.69) is 0 Å². The standard InChI is InChI=1S/C9H8Cl3/c1-5(2)7-3-6(10)4-8(11)9(7)12/h3-4H,1-2H3. The fourth-order valence-electron chi connectivity index (χ4n) is 0.920. The fraction of sp³-hybridized carbons (Fsp3) is 0.222. The van der Waals surface area contributed by atoms with Crippen LogP contribution in [-0.2, 0) is 0 Å². The van der Waals surface area contributed by atoms with Crippen molar-refractivity contribution in [3.63, 3.8) is 0 Å². The zero-order chi connectivity index (χ0) is 9.30. The van der Waals surface area contributed by atoms with Crippen LogP contribution in [0.3, 0.4) is 0 Å². The van der Waals surface area contributed by atoms with Gasteiger partial charge in [0.05, 0.1) is 10.0 Å². The van der Waals surface area contributed by atoms with Crippen molar-refractivity contribution < 1.29 is 0 Å². The maximum absolute atomic E-state index is 5.95. The minimum absolute atomic E-state index is 0.500. The maximum Gasteiger partial charge on any atom is 0.0631 e. The SMILES string of the molecule is C[C](C)c1cc(Cl)cc(Cl)c1Cl. The van der Waals surface area contributed by atoms with Crippen molar-refractivity contribution in [2.45, 2.75) is 13.8 Å². The van der Waals surface area contributed by atoms with E-state index in [-0.39, 0.29) is 0 Å². The smallest absolute Gasteiger partial charge is 0.0631 e. The number of rotatable bonds is 1. The summed E-state index contributed by atoms with van der Waals surface area (Å²) >= 11 is 17.6. The van der Waals surface area contributed by atoms with Gasteiger partial charge in [0.1, 0.15) is 0 Å². The van der Waals surface area contributed by atoms with Gasteiger partial charge in [-0.3, -0.25) is 0 Å². The molecular formula is C9H8Cl3. The molecule has 0 atom stereocenters. The Hall–Kier alpha value is 0.0900. The third-order valence-electron chi connectivity index (χ3n) is 1.53. The zero-order valence-electron chi connectivity index (χ0n) is 6.79. The van der Waals surface area contributed by atoms with Crippen molar-refractivity contribution in [1.82, 2.24) is 0 Å². The lowest BCUT2D eigenvalue weighted by molar-refractivity contribution is 1.15. The van der Waals surface area contributed by atoms with Crippen LogP contribution in [0.4, 0.5) is 0 Å². The van der Waals surface area contributed by atoms with Crippen LogP contribution in [0.1, 0.15) is 19.4 Å². The highest BCUT2D eigenvalue weighted by molar-refractivity contribution is 6.43. The lowest BCUT2D eigenvalue weighted by atomic mass is 10.0. The highest BCUT2D eigenvalue weighted by Crippen LogP contribution is 2.33. The van der Waals surface area contributed by atoms with Gasteiger partial charge < -0.3 is 0 Å². The first-order chi connectivity index (χ1) is 5.52.